The van der Waals surface area contributed by atoms with Crippen LogP contribution in [0.15, 0.2) is 15.5 Å². The van der Waals surface area contributed by atoms with Gasteiger partial charge in [-0.3, -0.25) is 4.79 Å². The molecule has 2 saturated heterocycles. The number of nitrogens with zero attached hydrogens (tertiary/aromatic N) is 5. The third kappa shape index (κ3) is 2.29. The van der Waals surface area contributed by atoms with Gasteiger partial charge < -0.3 is 15.1 Å². The summed E-state index contributed by atoms with van der Waals surface area (Å²) in [7, 11) is 1.68. The van der Waals surface area contributed by atoms with Gasteiger partial charge in [0.15, 0.2) is 6.04 Å². The molecule has 22 heavy (non-hydrogen) atoms. The molecule has 4 atom stereocenters. The normalized spacial score (nSPS) is 30.3. The van der Waals surface area contributed by atoms with Crippen molar-refractivity contribution in [1.82, 2.24) is 25.1 Å². The molecule has 0 radical (unpaired) electrons. The molecule has 1 aromatic heterocycles. The van der Waals surface area contributed by atoms with E-state index in [1.807, 2.05) is 0 Å². The summed E-state index contributed by atoms with van der Waals surface area (Å²) in [6, 6.07) is -1.01. The average Bonchev–Trinajstić information content (AvgIpc) is 2.97. The second kappa shape index (κ2) is 5.56. The molecular formula is C11H13N5O4S2. The molecule has 0 bridgehead atoms. The number of carbonyl (C=O) groups excluding carboxylic acids is 1. The fourth-order valence-corrected chi connectivity index (χ4v) is 4.91. The Labute approximate surface area is 133 Å². The standard InChI is InChI=1S/C11H13N5O4S2/c1-4(17)6-8(18)16-7(10(19)20)5(22-9(6)16)3-21-11-12-13-14-15(11)2/h3-4,6-7,9,17H,1-2H3,(H,19,20)/t4-,6-,7?,9?/m1/s1. The highest BCUT2D eigenvalue weighted by Gasteiger charge is 2.60. The van der Waals surface area contributed by atoms with Crippen molar-refractivity contribution < 1.29 is 19.8 Å². The molecule has 2 N–H and O–H groups in total. The van der Waals surface area contributed by atoms with Gasteiger partial charge in [-0.2, -0.15) is 0 Å². The minimum absolute atomic E-state index is 0.325. The minimum Gasteiger partial charge on any atom is -0.479 e. The quantitative estimate of drug-likeness (QED) is 0.551. The van der Waals surface area contributed by atoms with E-state index in [1.54, 1.807) is 12.5 Å². The zero-order valence-corrected chi connectivity index (χ0v) is 13.3. The molecule has 1 aromatic rings. The molecule has 0 aromatic carbocycles. The molecule has 3 heterocycles. The predicted octanol–water partition coefficient (Wildman–Crippen LogP) is -0.491. The summed E-state index contributed by atoms with van der Waals surface area (Å²) >= 11 is 2.49. The van der Waals surface area contributed by atoms with Crippen molar-refractivity contribution in [1.29, 1.82) is 0 Å². The number of aliphatic hydroxyl groups is 1. The number of carboxylic acids is 1. The number of aromatic nitrogens is 4. The number of rotatable bonds is 4. The van der Waals surface area contributed by atoms with Crippen LogP contribution >= 0.6 is 23.5 Å². The molecular weight excluding hydrogens is 330 g/mol. The number of fused-ring (bicyclic) bond motifs is 1. The lowest BCUT2D eigenvalue weighted by Gasteiger charge is -2.44. The van der Waals surface area contributed by atoms with Crippen molar-refractivity contribution in [2.45, 2.75) is 29.6 Å². The SMILES string of the molecule is C[C@@H](O)[C@@H]1C(=O)N2C(C(=O)O)C(=CSc3nnnn3C)SC12. The van der Waals surface area contributed by atoms with Crippen LogP contribution in [0.1, 0.15) is 6.92 Å². The zero-order chi connectivity index (χ0) is 16.0. The van der Waals surface area contributed by atoms with Gasteiger partial charge in [0.05, 0.1) is 17.4 Å². The largest absolute Gasteiger partial charge is 0.479 e. The Morgan fingerprint density at radius 3 is 2.82 bits per heavy atom. The Hall–Kier alpha value is -1.59. The number of thioether (sulfide) groups is 2. The highest BCUT2D eigenvalue weighted by molar-refractivity contribution is 8.06. The summed E-state index contributed by atoms with van der Waals surface area (Å²) in [5, 5.41) is 31.9. The van der Waals surface area contributed by atoms with E-state index in [-0.39, 0.29) is 11.3 Å². The van der Waals surface area contributed by atoms with Crippen LogP contribution in [0.4, 0.5) is 0 Å². The van der Waals surface area contributed by atoms with Crippen LogP contribution in [0.5, 0.6) is 0 Å². The topological polar surface area (TPSA) is 121 Å². The summed E-state index contributed by atoms with van der Waals surface area (Å²) in [4.78, 5) is 25.4. The summed E-state index contributed by atoms with van der Waals surface area (Å²) in [5.74, 6) is -1.97. The van der Waals surface area contributed by atoms with Gasteiger partial charge in [-0.25, -0.2) is 9.48 Å². The van der Waals surface area contributed by atoms with Gasteiger partial charge in [-0.15, -0.1) is 16.9 Å². The summed E-state index contributed by atoms with van der Waals surface area (Å²) in [5.41, 5.74) is 0. The molecule has 1 amide bonds. The molecule has 0 aliphatic carbocycles. The number of tetrazole rings is 1. The number of aliphatic hydroxyl groups excluding tert-OH is 1. The number of carbonyl (C=O) groups is 2. The second-order valence-corrected chi connectivity index (χ2v) is 7.01. The Balaban J connectivity index is 1.84. The van der Waals surface area contributed by atoms with Crippen molar-refractivity contribution in [2.75, 3.05) is 0 Å². The molecule has 0 saturated carbocycles. The number of hydrogen-bond acceptors (Lipinski definition) is 8. The lowest BCUT2D eigenvalue weighted by Crippen LogP contribution is -2.63. The first kappa shape index (κ1) is 15.3. The van der Waals surface area contributed by atoms with Crippen molar-refractivity contribution in [3.8, 4) is 0 Å². The molecule has 2 fully saturated rings. The van der Waals surface area contributed by atoms with Gasteiger partial charge in [-0.05, 0) is 22.8 Å². The van der Waals surface area contributed by atoms with E-state index in [1.165, 1.54) is 40.0 Å². The Kier molecular flexibility index (Phi) is 3.87. The second-order valence-electron chi connectivity index (χ2n) is 4.98. The molecule has 118 valence electrons. The van der Waals surface area contributed by atoms with Crippen LogP contribution in [0.3, 0.4) is 0 Å². The maximum atomic E-state index is 12.1. The average molecular weight is 343 g/mol. The number of aryl methyl sites for hydroxylation is 1. The molecule has 3 rings (SSSR count). The van der Waals surface area contributed by atoms with E-state index in [2.05, 4.69) is 15.5 Å². The Morgan fingerprint density at radius 1 is 1.55 bits per heavy atom. The molecule has 11 heteroatoms. The van der Waals surface area contributed by atoms with E-state index in [0.717, 1.165) is 0 Å². The van der Waals surface area contributed by atoms with Crippen LogP contribution in [0.2, 0.25) is 0 Å². The van der Waals surface area contributed by atoms with Crippen LogP contribution < -0.4 is 0 Å². The molecule has 2 aliphatic rings. The number of β-lactam (4-membered cyclic amide) rings is 1. The summed E-state index contributed by atoms with van der Waals surface area (Å²) in [6.07, 6.45) is -0.800. The lowest BCUT2D eigenvalue weighted by molar-refractivity contribution is -0.165. The fourth-order valence-electron chi connectivity index (χ4n) is 2.46. The number of hydrogen-bond donors (Lipinski definition) is 2. The third-order valence-corrected chi connectivity index (χ3v) is 5.99. The van der Waals surface area contributed by atoms with Crippen molar-refractivity contribution in [3.05, 3.63) is 10.3 Å². The first-order valence-electron chi connectivity index (χ1n) is 6.40. The number of carboxylic acid groups (broad SMARTS) is 1. The van der Waals surface area contributed by atoms with E-state index < -0.39 is 24.0 Å². The lowest BCUT2D eigenvalue weighted by atomic mass is 9.91. The smallest absolute Gasteiger partial charge is 0.331 e. The highest BCUT2D eigenvalue weighted by atomic mass is 32.2. The van der Waals surface area contributed by atoms with Crippen molar-refractivity contribution >= 4 is 35.4 Å². The van der Waals surface area contributed by atoms with E-state index >= 15 is 0 Å². The Morgan fingerprint density at radius 2 is 2.27 bits per heavy atom. The van der Waals surface area contributed by atoms with Gasteiger partial charge in [0.25, 0.3) is 0 Å². The van der Waals surface area contributed by atoms with Crippen molar-refractivity contribution in [3.63, 3.8) is 0 Å². The zero-order valence-electron chi connectivity index (χ0n) is 11.7. The first-order chi connectivity index (χ1) is 10.4. The van der Waals surface area contributed by atoms with Gasteiger partial charge >= 0.3 is 5.97 Å². The molecule has 9 nitrogen and oxygen atoms in total. The maximum absolute atomic E-state index is 12.1. The van der Waals surface area contributed by atoms with Gasteiger partial charge in [0.1, 0.15) is 0 Å². The minimum atomic E-state index is -1.09. The van der Waals surface area contributed by atoms with Crippen LogP contribution in [-0.4, -0.2) is 64.7 Å². The molecule has 2 aliphatic heterocycles. The molecule has 2 unspecified atom stereocenters. The summed E-state index contributed by atoms with van der Waals surface area (Å²) < 4.78 is 1.47. The third-order valence-electron chi connectivity index (χ3n) is 3.54. The predicted molar refractivity (Wildman–Crippen MR) is 77.6 cm³/mol. The van der Waals surface area contributed by atoms with Gasteiger partial charge in [0.2, 0.25) is 11.1 Å². The number of amides is 1. The van der Waals surface area contributed by atoms with Gasteiger partial charge in [-0.1, -0.05) is 11.8 Å². The maximum Gasteiger partial charge on any atom is 0.331 e. The first-order valence-corrected chi connectivity index (χ1v) is 8.16. The van der Waals surface area contributed by atoms with Crippen molar-refractivity contribution in [2.24, 2.45) is 13.0 Å². The fraction of sp³-hybridized carbons (Fsp3) is 0.545. The van der Waals surface area contributed by atoms with Crippen LogP contribution in [0.25, 0.3) is 0 Å². The number of aliphatic carboxylic acids is 1. The van der Waals surface area contributed by atoms with Gasteiger partial charge in [0, 0.05) is 12.0 Å². The van der Waals surface area contributed by atoms with E-state index in [0.29, 0.717) is 10.1 Å². The summed E-state index contributed by atoms with van der Waals surface area (Å²) in [6.45, 7) is 1.54. The molecule has 0 spiro atoms. The van der Waals surface area contributed by atoms with E-state index in [9.17, 15) is 19.8 Å². The van der Waals surface area contributed by atoms with Crippen LogP contribution in [-0.2, 0) is 16.6 Å². The highest BCUT2D eigenvalue weighted by Crippen LogP contribution is 2.51. The Bertz CT molecular complexity index is 661. The van der Waals surface area contributed by atoms with E-state index in [4.69, 9.17) is 0 Å². The monoisotopic (exact) mass is 343 g/mol. The van der Waals surface area contributed by atoms with Crippen LogP contribution in [0, 0.1) is 5.92 Å².